The van der Waals surface area contributed by atoms with Gasteiger partial charge in [0.05, 0.1) is 21.3 Å². The Balaban J connectivity index is 2.25. The lowest BCUT2D eigenvalue weighted by atomic mass is 9.94. The van der Waals surface area contributed by atoms with E-state index in [-0.39, 0.29) is 5.78 Å². The Labute approximate surface area is 195 Å². The molecule has 0 N–H and O–H groups in total. The summed E-state index contributed by atoms with van der Waals surface area (Å²) in [6, 6.07) is 20.5. The lowest BCUT2D eigenvalue weighted by Gasteiger charge is -2.17. The summed E-state index contributed by atoms with van der Waals surface area (Å²) in [5.41, 5.74) is 2.86. The first-order chi connectivity index (χ1) is 15.0. The van der Waals surface area contributed by atoms with E-state index in [1.807, 2.05) is 48.7 Å². The van der Waals surface area contributed by atoms with Crippen molar-refractivity contribution in [3.63, 3.8) is 0 Å². The number of thioether (sulfide) groups is 1. The standard InChI is InChI=1S/C25H23BrO4S/c1-28-18-9-5-16(6-10-18)24(27)23(21-15-20(30-3)13-14-22(21)26)25(31-4)17-7-11-19(29-2)12-8-17/h5-15H,1-4H3/b25-23+. The zero-order valence-electron chi connectivity index (χ0n) is 17.8. The fourth-order valence-electron chi connectivity index (χ4n) is 3.16. The molecule has 3 rings (SSSR count). The maximum atomic E-state index is 13.8. The van der Waals surface area contributed by atoms with Gasteiger partial charge in [-0.1, -0.05) is 28.1 Å². The summed E-state index contributed by atoms with van der Waals surface area (Å²) in [5, 5.41) is 0. The lowest BCUT2D eigenvalue weighted by Crippen LogP contribution is -2.06. The van der Waals surface area contributed by atoms with Crippen LogP contribution in [0.3, 0.4) is 0 Å². The summed E-state index contributed by atoms with van der Waals surface area (Å²) >= 11 is 5.15. The van der Waals surface area contributed by atoms with Crippen molar-refractivity contribution in [3.8, 4) is 17.2 Å². The number of halogens is 1. The topological polar surface area (TPSA) is 44.8 Å². The van der Waals surface area contributed by atoms with Crippen LogP contribution in [0.25, 0.3) is 10.5 Å². The molecule has 0 saturated carbocycles. The molecule has 0 bridgehead atoms. The zero-order chi connectivity index (χ0) is 22.4. The van der Waals surface area contributed by atoms with E-state index in [1.54, 1.807) is 45.6 Å². The fourth-order valence-corrected chi connectivity index (χ4v) is 4.39. The van der Waals surface area contributed by atoms with Gasteiger partial charge in [0.25, 0.3) is 0 Å². The summed E-state index contributed by atoms with van der Waals surface area (Å²) in [7, 11) is 4.85. The number of rotatable bonds is 8. The number of Topliss-reactive ketones (excluding diaryl/α,β-unsaturated/α-hetero) is 1. The minimum atomic E-state index is -0.0863. The SMILES string of the molecule is COc1ccc(C(=O)/C(=C(/SC)c2ccc(OC)cc2)c2cc(OC)ccc2Br)cc1. The molecule has 6 heteroatoms. The van der Waals surface area contributed by atoms with Crippen LogP contribution in [0.4, 0.5) is 0 Å². The van der Waals surface area contributed by atoms with E-state index in [1.165, 1.54) is 11.8 Å². The summed E-state index contributed by atoms with van der Waals surface area (Å²) in [6.45, 7) is 0. The van der Waals surface area contributed by atoms with Crippen LogP contribution in [-0.4, -0.2) is 33.4 Å². The van der Waals surface area contributed by atoms with Gasteiger partial charge in [0, 0.05) is 26.1 Å². The van der Waals surface area contributed by atoms with Gasteiger partial charge in [-0.15, -0.1) is 11.8 Å². The van der Waals surface area contributed by atoms with Crippen molar-refractivity contribution < 1.29 is 19.0 Å². The average Bonchev–Trinajstić information content (AvgIpc) is 2.83. The largest absolute Gasteiger partial charge is 0.497 e. The van der Waals surface area contributed by atoms with Crippen LogP contribution in [0, 0.1) is 0 Å². The molecule has 0 heterocycles. The molecule has 0 aliphatic rings. The van der Waals surface area contributed by atoms with Crippen LogP contribution in [0.1, 0.15) is 21.5 Å². The molecular formula is C25H23BrO4S. The van der Waals surface area contributed by atoms with Crippen molar-refractivity contribution in [3.05, 3.63) is 87.9 Å². The number of hydrogen-bond acceptors (Lipinski definition) is 5. The number of ether oxygens (including phenoxy) is 3. The highest BCUT2D eigenvalue weighted by Gasteiger charge is 2.23. The van der Waals surface area contributed by atoms with Crippen molar-refractivity contribution in [1.82, 2.24) is 0 Å². The second-order valence-electron chi connectivity index (χ2n) is 6.54. The number of allylic oxidation sites excluding steroid dienone is 1. The third-order valence-corrected chi connectivity index (χ3v) is 6.35. The molecule has 0 unspecified atom stereocenters. The van der Waals surface area contributed by atoms with E-state index in [4.69, 9.17) is 14.2 Å². The summed E-state index contributed by atoms with van der Waals surface area (Å²) in [4.78, 5) is 14.7. The molecule has 0 atom stereocenters. The first-order valence-corrected chi connectivity index (χ1v) is 11.5. The van der Waals surface area contributed by atoms with Crippen LogP contribution < -0.4 is 14.2 Å². The van der Waals surface area contributed by atoms with Gasteiger partial charge in [0.15, 0.2) is 5.78 Å². The molecule has 0 spiro atoms. The van der Waals surface area contributed by atoms with Crippen LogP contribution >= 0.6 is 27.7 Å². The van der Waals surface area contributed by atoms with Gasteiger partial charge in [0.1, 0.15) is 17.2 Å². The summed E-state index contributed by atoms with van der Waals surface area (Å²) in [5.74, 6) is 2.05. The van der Waals surface area contributed by atoms with Gasteiger partial charge in [-0.3, -0.25) is 4.79 Å². The highest BCUT2D eigenvalue weighted by atomic mass is 79.9. The Morgan fingerprint density at radius 3 is 1.71 bits per heavy atom. The summed E-state index contributed by atoms with van der Waals surface area (Å²) < 4.78 is 16.8. The molecule has 0 fully saturated rings. The molecule has 160 valence electrons. The van der Waals surface area contributed by atoms with E-state index in [2.05, 4.69) is 15.9 Å². The van der Waals surface area contributed by atoms with Crippen LogP contribution in [0.2, 0.25) is 0 Å². The molecule has 3 aromatic rings. The van der Waals surface area contributed by atoms with E-state index < -0.39 is 0 Å². The number of ketones is 1. The maximum absolute atomic E-state index is 13.8. The van der Waals surface area contributed by atoms with Crippen molar-refractivity contribution in [2.24, 2.45) is 0 Å². The lowest BCUT2D eigenvalue weighted by molar-refractivity contribution is 0.105. The van der Waals surface area contributed by atoms with Gasteiger partial charge < -0.3 is 14.2 Å². The minimum Gasteiger partial charge on any atom is -0.497 e. The molecule has 0 aliphatic heterocycles. The number of carbonyl (C=O) groups is 1. The average molecular weight is 499 g/mol. The Hall–Kier alpha value is -2.70. The van der Waals surface area contributed by atoms with E-state index >= 15 is 0 Å². The number of benzene rings is 3. The Bertz CT molecular complexity index is 1090. The molecule has 0 amide bonds. The van der Waals surface area contributed by atoms with E-state index in [9.17, 15) is 4.79 Å². The van der Waals surface area contributed by atoms with E-state index in [0.717, 1.165) is 26.3 Å². The van der Waals surface area contributed by atoms with Crippen molar-refractivity contribution in [1.29, 1.82) is 0 Å². The van der Waals surface area contributed by atoms with Gasteiger partial charge in [-0.25, -0.2) is 0 Å². The maximum Gasteiger partial charge on any atom is 0.194 e. The molecule has 0 saturated heterocycles. The van der Waals surface area contributed by atoms with Crippen molar-refractivity contribution in [2.45, 2.75) is 0 Å². The highest BCUT2D eigenvalue weighted by molar-refractivity contribution is 9.10. The normalized spacial score (nSPS) is 11.5. The fraction of sp³-hybridized carbons (Fsp3) is 0.160. The quantitative estimate of drug-likeness (QED) is 0.199. The molecular weight excluding hydrogens is 476 g/mol. The van der Waals surface area contributed by atoms with Gasteiger partial charge in [-0.2, -0.15) is 0 Å². The second-order valence-corrected chi connectivity index (χ2v) is 8.21. The number of carbonyl (C=O) groups excluding carboxylic acids is 1. The van der Waals surface area contributed by atoms with Crippen LogP contribution in [0.15, 0.2) is 71.2 Å². The third kappa shape index (κ3) is 5.14. The van der Waals surface area contributed by atoms with Crippen LogP contribution in [0.5, 0.6) is 17.2 Å². The number of hydrogen-bond donors (Lipinski definition) is 0. The second kappa shape index (κ2) is 10.6. The van der Waals surface area contributed by atoms with E-state index in [0.29, 0.717) is 22.6 Å². The molecule has 3 aromatic carbocycles. The minimum absolute atomic E-state index is 0.0863. The third-order valence-electron chi connectivity index (χ3n) is 4.81. The molecule has 31 heavy (non-hydrogen) atoms. The Kier molecular flexibility index (Phi) is 7.82. The smallest absolute Gasteiger partial charge is 0.194 e. The Morgan fingerprint density at radius 1 is 0.742 bits per heavy atom. The van der Waals surface area contributed by atoms with Gasteiger partial charge in [0.2, 0.25) is 0 Å². The Morgan fingerprint density at radius 2 is 1.23 bits per heavy atom. The van der Waals surface area contributed by atoms with Gasteiger partial charge >= 0.3 is 0 Å². The first-order valence-electron chi connectivity index (χ1n) is 9.47. The predicted octanol–water partition coefficient (Wildman–Crippen LogP) is 6.59. The molecule has 0 radical (unpaired) electrons. The molecule has 0 aliphatic carbocycles. The van der Waals surface area contributed by atoms with Crippen molar-refractivity contribution in [2.75, 3.05) is 27.6 Å². The summed E-state index contributed by atoms with van der Waals surface area (Å²) in [6.07, 6.45) is 1.97. The zero-order valence-corrected chi connectivity index (χ0v) is 20.2. The monoisotopic (exact) mass is 498 g/mol. The number of methoxy groups -OCH3 is 3. The predicted molar refractivity (Wildman–Crippen MR) is 131 cm³/mol. The highest BCUT2D eigenvalue weighted by Crippen LogP contribution is 2.40. The molecule has 4 nitrogen and oxygen atoms in total. The van der Waals surface area contributed by atoms with Gasteiger partial charge in [-0.05, 0) is 66.4 Å². The first kappa shape index (κ1) is 23.0. The van der Waals surface area contributed by atoms with Crippen LogP contribution in [-0.2, 0) is 0 Å². The molecule has 0 aromatic heterocycles. The van der Waals surface area contributed by atoms with Crippen molar-refractivity contribution >= 4 is 44.0 Å².